The van der Waals surface area contributed by atoms with Crippen LogP contribution in [0, 0.1) is 0 Å². The molecule has 2 atom stereocenters. The summed E-state index contributed by atoms with van der Waals surface area (Å²) in [4.78, 5) is 22.6. The molecule has 0 unspecified atom stereocenters. The lowest BCUT2D eigenvalue weighted by molar-refractivity contribution is 0.0174. The maximum atomic E-state index is 14.3. The van der Waals surface area contributed by atoms with Gasteiger partial charge in [0.25, 0.3) is 5.92 Å². The standard InChI is InChI=1S/C20H23F2N5O2/c1-11-10-27(7-6-23-11)16-9-13(20(3,21)22)8-15(25-16)14-4-5-24-18-17(14)12(2)29-19(28)26-18/h4-5,8-9,11-12,23H,6-7,10H2,1-3H3,(H,24,26,28)/t11-,12+/m0/s1. The van der Waals surface area contributed by atoms with Crippen molar-refractivity contribution in [2.45, 2.75) is 38.8 Å². The van der Waals surface area contributed by atoms with E-state index in [1.807, 2.05) is 11.8 Å². The molecule has 2 aliphatic heterocycles. The van der Waals surface area contributed by atoms with E-state index < -0.39 is 18.1 Å². The number of hydrogen-bond acceptors (Lipinski definition) is 6. The van der Waals surface area contributed by atoms with Crippen LogP contribution < -0.4 is 15.5 Å². The normalized spacial score (nSPS) is 22.0. The van der Waals surface area contributed by atoms with Gasteiger partial charge in [0.05, 0.1) is 5.69 Å². The summed E-state index contributed by atoms with van der Waals surface area (Å²) < 4.78 is 33.8. The number of fused-ring (bicyclic) bond motifs is 1. The van der Waals surface area contributed by atoms with Gasteiger partial charge in [0.15, 0.2) is 0 Å². The summed E-state index contributed by atoms with van der Waals surface area (Å²) in [7, 11) is 0. The molecule has 154 valence electrons. The molecule has 0 saturated carbocycles. The molecule has 4 rings (SSSR count). The number of alkyl halides is 2. The third-order valence-corrected chi connectivity index (χ3v) is 5.19. The first-order valence-electron chi connectivity index (χ1n) is 9.58. The van der Waals surface area contributed by atoms with Gasteiger partial charge in [-0.25, -0.2) is 23.5 Å². The fourth-order valence-corrected chi connectivity index (χ4v) is 3.76. The van der Waals surface area contributed by atoms with Gasteiger partial charge in [-0.1, -0.05) is 0 Å². The maximum absolute atomic E-state index is 14.3. The first-order valence-corrected chi connectivity index (χ1v) is 9.58. The Morgan fingerprint density at radius 2 is 2.10 bits per heavy atom. The Balaban J connectivity index is 1.85. The summed E-state index contributed by atoms with van der Waals surface area (Å²) in [5, 5.41) is 5.90. The van der Waals surface area contributed by atoms with Gasteiger partial charge in [0.1, 0.15) is 17.7 Å². The number of nitrogens with zero attached hydrogens (tertiary/aromatic N) is 3. The predicted octanol–water partition coefficient (Wildman–Crippen LogP) is 3.68. The van der Waals surface area contributed by atoms with E-state index in [1.54, 1.807) is 13.0 Å². The molecule has 0 radical (unpaired) electrons. The molecule has 2 aromatic heterocycles. The molecule has 2 N–H and O–H groups in total. The van der Waals surface area contributed by atoms with Crippen LogP contribution in [0.1, 0.15) is 38.0 Å². The zero-order valence-corrected chi connectivity index (χ0v) is 16.5. The van der Waals surface area contributed by atoms with Crippen LogP contribution in [0.3, 0.4) is 0 Å². The molecule has 0 bridgehead atoms. The predicted molar refractivity (Wildman–Crippen MR) is 105 cm³/mol. The number of cyclic esters (lactones) is 1. The highest BCUT2D eigenvalue weighted by Crippen LogP contribution is 2.39. The van der Waals surface area contributed by atoms with Crippen molar-refractivity contribution < 1.29 is 18.3 Å². The number of anilines is 2. The summed E-state index contributed by atoms with van der Waals surface area (Å²) >= 11 is 0. The van der Waals surface area contributed by atoms with E-state index >= 15 is 0 Å². The number of piperazine rings is 1. The molecule has 0 aromatic carbocycles. The Kier molecular flexibility index (Phi) is 4.85. The smallest absolute Gasteiger partial charge is 0.413 e. The Hall–Kier alpha value is -2.81. The Labute approximate surface area is 167 Å². The largest absolute Gasteiger partial charge is 0.441 e. The van der Waals surface area contributed by atoms with Crippen LogP contribution in [0.15, 0.2) is 24.4 Å². The molecule has 4 heterocycles. The van der Waals surface area contributed by atoms with Gasteiger partial charge in [-0.05, 0) is 32.0 Å². The zero-order valence-electron chi connectivity index (χ0n) is 16.5. The molecule has 0 spiro atoms. The molecule has 29 heavy (non-hydrogen) atoms. The Bertz CT molecular complexity index is 947. The highest BCUT2D eigenvalue weighted by atomic mass is 19.3. The van der Waals surface area contributed by atoms with Gasteiger partial charge in [-0.15, -0.1) is 0 Å². The quantitative estimate of drug-likeness (QED) is 0.814. The highest BCUT2D eigenvalue weighted by Gasteiger charge is 2.31. The van der Waals surface area contributed by atoms with Crippen LogP contribution in [0.4, 0.5) is 25.2 Å². The number of aromatic nitrogens is 2. The third-order valence-electron chi connectivity index (χ3n) is 5.19. The SMILES string of the molecule is C[C@H]1CN(c2cc(C(C)(F)F)cc(-c3ccnc4c3[C@@H](C)OC(=O)N4)n2)CCN1. The van der Waals surface area contributed by atoms with Crippen molar-refractivity contribution in [3.05, 3.63) is 35.5 Å². The van der Waals surface area contributed by atoms with Crippen molar-refractivity contribution in [2.24, 2.45) is 0 Å². The summed E-state index contributed by atoms with van der Waals surface area (Å²) in [6.45, 7) is 6.76. The van der Waals surface area contributed by atoms with Gasteiger partial charge in [0.2, 0.25) is 0 Å². The number of nitrogens with one attached hydrogen (secondary N) is 2. The van der Waals surface area contributed by atoms with Crippen molar-refractivity contribution in [1.82, 2.24) is 15.3 Å². The summed E-state index contributed by atoms with van der Waals surface area (Å²) in [5.41, 5.74) is 1.52. The van der Waals surface area contributed by atoms with Crippen LogP contribution in [-0.2, 0) is 10.7 Å². The minimum Gasteiger partial charge on any atom is -0.441 e. The second-order valence-electron chi connectivity index (χ2n) is 7.58. The number of rotatable bonds is 3. The van der Waals surface area contributed by atoms with Crippen molar-refractivity contribution in [3.63, 3.8) is 0 Å². The molecule has 2 aromatic rings. The average molecular weight is 403 g/mol. The highest BCUT2D eigenvalue weighted by molar-refractivity contribution is 5.89. The zero-order chi connectivity index (χ0) is 20.8. The fourth-order valence-electron chi connectivity index (χ4n) is 3.76. The van der Waals surface area contributed by atoms with Crippen molar-refractivity contribution >= 4 is 17.7 Å². The monoisotopic (exact) mass is 403 g/mol. The molecule has 0 aliphatic carbocycles. The summed E-state index contributed by atoms with van der Waals surface area (Å²) in [5.74, 6) is -2.15. The molecule has 1 saturated heterocycles. The second-order valence-corrected chi connectivity index (χ2v) is 7.58. The van der Waals surface area contributed by atoms with Gasteiger partial charge in [-0.2, -0.15) is 0 Å². The van der Waals surface area contributed by atoms with Crippen molar-refractivity contribution in [3.8, 4) is 11.3 Å². The number of carbonyl (C=O) groups excluding carboxylic acids is 1. The summed E-state index contributed by atoms with van der Waals surface area (Å²) in [6, 6.07) is 4.79. The average Bonchev–Trinajstić information content (AvgIpc) is 2.66. The summed E-state index contributed by atoms with van der Waals surface area (Å²) in [6.07, 6.45) is 0.363. The Morgan fingerprint density at radius 3 is 2.83 bits per heavy atom. The number of halogens is 2. The van der Waals surface area contributed by atoms with E-state index in [-0.39, 0.29) is 11.6 Å². The molecule has 2 aliphatic rings. The lowest BCUT2D eigenvalue weighted by atomic mass is 9.98. The van der Waals surface area contributed by atoms with Gasteiger partial charge < -0.3 is 15.0 Å². The number of amides is 1. The minimum atomic E-state index is -3.02. The van der Waals surface area contributed by atoms with Gasteiger partial charge in [-0.3, -0.25) is 5.32 Å². The van der Waals surface area contributed by atoms with Crippen molar-refractivity contribution in [2.75, 3.05) is 29.9 Å². The molecular weight excluding hydrogens is 380 g/mol. The van der Waals surface area contributed by atoms with Crippen LogP contribution >= 0.6 is 0 Å². The minimum absolute atomic E-state index is 0.109. The maximum Gasteiger partial charge on any atom is 0.413 e. The number of carbonyl (C=O) groups is 1. The van der Waals surface area contributed by atoms with Crippen LogP contribution in [0.25, 0.3) is 11.3 Å². The molecule has 9 heteroatoms. The van der Waals surface area contributed by atoms with Crippen LogP contribution in [0.2, 0.25) is 0 Å². The van der Waals surface area contributed by atoms with E-state index in [0.29, 0.717) is 41.5 Å². The lowest BCUT2D eigenvalue weighted by Crippen LogP contribution is -2.49. The third kappa shape index (κ3) is 3.87. The van der Waals surface area contributed by atoms with E-state index in [4.69, 9.17) is 9.72 Å². The molecule has 1 amide bonds. The molecular formula is C20H23F2N5O2. The fraction of sp³-hybridized carbons (Fsp3) is 0.450. The van der Waals surface area contributed by atoms with Crippen LogP contribution in [0.5, 0.6) is 0 Å². The van der Waals surface area contributed by atoms with Crippen molar-refractivity contribution in [1.29, 1.82) is 0 Å². The van der Waals surface area contributed by atoms with E-state index in [2.05, 4.69) is 15.6 Å². The van der Waals surface area contributed by atoms with E-state index in [0.717, 1.165) is 13.5 Å². The van der Waals surface area contributed by atoms with Gasteiger partial charge >= 0.3 is 6.09 Å². The number of hydrogen-bond donors (Lipinski definition) is 2. The first-order chi connectivity index (χ1) is 13.7. The molecule has 7 nitrogen and oxygen atoms in total. The number of pyridine rings is 2. The first kappa shape index (κ1) is 19.5. The van der Waals surface area contributed by atoms with E-state index in [9.17, 15) is 13.6 Å². The Morgan fingerprint density at radius 1 is 1.31 bits per heavy atom. The topological polar surface area (TPSA) is 79.4 Å². The molecule has 1 fully saturated rings. The number of ether oxygens (including phenoxy) is 1. The van der Waals surface area contributed by atoms with E-state index in [1.165, 1.54) is 18.3 Å². The lowest BCUT2D eigenvalue weighted by Gasteiger charge is -2.33. The second kappa shape index (κ2) is 7.22. The van der Waals surface area contributed by atoms with Gasteiger partial charge in [0, 0.05) is 55.5 Å². The van der Waals surface area contributed by atoms with Crippen LogP contribution in [-0.4, -0.2) is 41.7 Å².